The van der Waals surface area contributed by atoms with E-state index in [0.29, 0.717) is 18.0 Å². The monoisotopic (exact) mass is 561 g/mol. The molecule has 0 bridgehead atoms. The number of amides is 4. The standard InChI is InChI=1S/C30H32ClN5O4/c1-33-20-28(37)35-26(16-21-8-4-3-5-9-21)29(38)34(18-23-10-6-7-11-25(23)31)19-27(35)36(33)30(39)32-17-22-12-14-24(40-2)15-13-22/h3-15,26-27H,16-20H2,1-2H3,(H,32,39)/t26-,27-/m0/s1. The number of ether oxygens (including phenoxy) is 1. The van der Waals surface area contributed by atoms with E-state index in [-0.39, 0.29) is 37.5 Å². The number of likely N-dealkylation sites (N-methyl/N-ethyl adjacent to an activating group) is 1. The van der Waals surface area contributed by atoms with E-state index in [1.807, 2.05) is 72.8 Å². The molecule has 40 heavy (non-hydrogen) atoms. The van der Waals surface area contributed by atoms with E-state index in [4.69, 9.17) is 16.3 Å². The maximum absolute atomic E-state index is 13.9. The van der Waals surface area contributed by atoms with E-state index >= 15 is 0 Å². The lowest BCUT2D eigenvalue weighted by atomic mass is 9.98. The third-order valence-electron chi connectivity index (χ3n) is 7.34. The van der Waals surface area contributed by atoms with Crippen LogP contribution in [0.15, 0.2) is 78.9 Å². The van der Waals surface area contributed by atoms with Crippen LogP contribution in [0.25, 0.3) is 0 Å². The molecule has 0 aromatic heterocycles. The van der Waals surface area contributed by atoms with Crippen LogP contribution in [0.4, 0.5) is 4.79 Å². The average molecular weight is 562 g/mol. The fourth-order valence-electron chi connectivity index (χ4n) is 5.32. The van der Waals surface area contributed by atoms with Gasteiger partial charge in [-0.3, -0.25) is 9.59 Å². The summed E-state index contributed by atoms with van der Waals surface area (Å²) >= 11 is 6.45. The maximum atomic E-state index is 13.9. The molecule has 2 fully saturated rings. The van der Waals surface area contributed by atoms with Crippen LogP contribution < -0.4 is 10.1 Å². The van der Waals surface area contributed by atoms with Gasteiger partial charge in [0.25, 0.3) is 0 Å². The summed E-state index contributed by atoms with van der Waals surface area (Å²) in [7, 11) is 3.31. The smallest absolute Gasteiger partial charge is 0.334 e. The van der Waals surface area contributed by atoms with E-state index in [2.05, 4.69) is 5.32 Å². The van der Waals surface area contributed by atoms with Gasteiger partial charge >= 0.3 is 6.03 Å². The SMILES string of the molecule is COc1ccc(CNC(=O)N2[C@H]3CN(Cc4ccccc4Cl)C(=O)[C@H](Cc4ccccc4)N3C(=O)CN2C)cc1. The molecule has 2 atom stereocenters. The number of urea groups is 1. The summed E-state index contributed by atoms with van der Waals surface area (Å²) in [6.07, 6.45) is -0.345. The minimum Gasteiger partial charge on any atom is -0.497 e. The first kappa shape index (κ1) is 27.5. The number of hydrogen-bond acceptors (Lipinski definition) is 5. The van der Waals surface area contributed by atoms with Crippen LogP contribution in [0.2, 0.25) is 5.02 Å². The lowest BCUT2D eigenvalue weighted by molar-refractivity contribution is -0.187. The van der Waals surface area contributed by atoms with Crippen molar-refractivity contribution >= 4 is 29.4 Å². The Morgan fingerprint density at radius 3 is 2.38 bits per heavy atom. The number of benzene rings is 3. The summed E-state index contributed by atoms with van der Waals surface area (Å²) in [5, 5.41) is 6.71. The van der Waals surface area contributed by atoms with Crippen molar-refractivity contribution in [3.63, 3.8) is 0 Å². The van der Waals surface area contributed by atoms with Crippen molar-refractivity contribution in [2.24, 2.45) is 0 Å². The molecule has 4 amide bonds. The number of nitrogens with one attached hydrogen (secondary N) is 1. The molecular formula is C30H32ClN5O4. The Kier molecular flexibility index (Phi) is 8.23. The quantitative estimate of drug-likeness (QED) is 0.477. The molecule has 0 saturated carbocycles. The van der Waals surface area contributed by atoms with Gasteiger partial charge in [-0.15, -0.1) is 0 Å². The molecule has 208 valence electrons. The Balaban J connectivity index is 1.43. The molecule has 2 heterocycles. The van der Waals surface area contributed by atoms with Crippen LogP contribution >= 0.6 is 11.6 Å². The first-order valence-electron chi connectivity index (χ1n) is 13.1. The summed E-state index contributed by atoms with van der Waals surface area (Å²) in [6, 6.07) is 23.3. The normalized spacial score (nSPS) is 19.4. The highest BCUT2D eigenvalue weighted by Gasteiger charge is 2.50. The molecule has 0 unspecified atom stereocenters. The maximum Gasteiger partial charge on any atom is 0.334 e. The average Bonchev–Trinajstić information content (AvgIpc) is 2.96. The van der Waals surface area contributed by atoms with Gasteiger partial charge in [-0.05, 0) is 34.9 Å². The van der Waals surface area contributed by atoms with Crippen LogP contribution in [-0.4, -0.2) is 77.1 Å². The molecule has 3 aromatic carbocycles. The van der Waals surface area contributed by atoms with Crippen molar-refractivity contribution in [2.75, 3.05) is 27.2 Å². The Morgan fingerprint density at radius 1 is 0.975 bits per heavy atom. The van der Waals surface area contributed by atoms with Gasteiger partial charge in [-0.1, -0.05) is 72.3 Å². The summed E-state index contributed by atoms with van der Waals surface area (Å²) in [6.45, 7) is 0.702. The van der Waals surface area contributed by atoms with Gasteiger partial charge in [0, 0.05) is 31.6 Å². The third-order valence-corrected chi connectivity index (χ3v) is 7.71. The molecule has 9 nitrogen and oxygen atoms in total. The second-order valence-corrected chi connectivity index (χ2v) is 10.4. The summed E-state index contributed by atoms with van der Waals surface area (Å²) in [5.74, 6) is 0.366. The van der Waals surface area contributed by atoms with Gasteiger partial charge in [-0.2, -0.15) is 0 Å². The van der Waals surface area contributed by atoms with Crippen molar-refractivity contribution in [3.05, 3.63) is 101 Å². The highest BCUT2D eigenvalue weighted by molar-refractivity contribution is 6.31. The third kappa shape index (κ3) is 5.76. The summed E-state index contributed by atoms with van der Waals surface area (Å²) < 4.78 is 5.21. The lowest BCUT2D eigenvalue weighted by Gasteiger charge is -2.54. The summed E-state index contributed by atoms with van der Waals surface area (Å²) in [4.78, 5) is 44.3. The number of nitrogens with zero attached hydrogens (tertiary/aromatic N) is 4. The minimum atomic E-state index is -0.762. The number of halogens is 1. The van der Waals surface area contributed by atoms with E-state index in [9.17, 15) is 14.4 Å². The highest BCUT2D eigenvalue weighted by atomic mass is 35.5. The zero-order valence-electron chi connectivity index (χ0n) is 22.5. The molecule has 0 spiro atoms. The largest absolute Gasteiger partial charge is 0.497 e. The van der Waals surface area contributed by atoms with Crippen molar-refractivity contribution in [1.82, 2.24) is 25.1 Å². The topological polar surface area (TPSA) is 85.4 Å². The second-order valence-electron chi connectivity index (χ2n) is 9.96. The molecular weight excluding hydrogens is 530 g/mol. The van der Waals surface area contributed by atoms with Gasteiger partial charge in [0.15, 0.2) is 0 Å². The molecule has 1 N–H and O–H groups in total. The number of carbonyl (C=O) groups excluding carboxylic acids is 3. The molecule has 10 heteroatoms. The van der Waals surface area contributed by atoms with Crippen molar-refractivity contribution in [2.45, 2.75) is 31.7 Å². The number of hydrazine groups is 1. The van der Waals surface area contributed by atoms with Crippen LogP contribution in [-0.2, 0) is 29.1 Å². The van der Waals surface area contributed by atoms with Crippen LogP contribution in [0, 0.1) is 0 Å². The number of piperazine rings is 1. The van der Waals surface area contributed by atoms with E-state index in [1.165, 1.54) is 0 Å². The Hall–Kier alpha value is -4.08. The van der Waals surface area contributed by atoms with E-state index in [0.717, 1.165) is 22.4 Å². The Morgan fingerprint density at radius 2 is 1.68 bits per heavy atom. The van der Waals surface area contributed by atoms with Crippen LogP contribution in [0.1, 0.15) is 16.7 Å². The molecule has 0 aliphatic carbocycles. The predicted octanol–water partition coefficient (Wildman–Crippen LogP) is 3.53. The highest BCUT2D eigenvalue weighted by Crippen LogP contribution is 2.29. The van der Waals surface area contributed by atoms with Gasteiger partial charge in [0.05, 0.1) is 20.2 Å². The fraction of sp³-hybridized carbons (Fsp3) is 0.300. The van der Waals surface area contributed by atoms with Crippen molar-refractivity contribution in [1.29, 1.82) is 0 Å². The molecule has 3 aromatic rings. The van der Waals surface area contributed by atoms with Gasteiger partial charge in [0.1, 0.15) is 18.0 Å². The van der Waals surface area contributed by atoms with Gasteiger partial charge in [-0.25, -0.2) is 14.8 Å². The number of fused-ring (bicyclic) bond motifs is 1. The molecule has 2 aliphatic heterocycles. The number of hydrogen-bond donors (Lipinski definition) is 1. The predicted molar refractivity (Wildman–Crippen MR) is 151 cm³/mol. The van der Waals surface area contributed by atoms with Crippen LogP contribution in [0.5, 0.6) is 5.75 Å². The summed E-state index contributed by atoms with van der Waals surface area (Å²) in [5.41, 5.74) is 2.64. The fourth-order valence-corrected chi connectivity index (χ4v) is 5.51. The molecule has 0 radical (unpaired) electrons. The van der Waals surface area contributed by atoms with Crippen molar-refractivity contribution < 1.29 is 19.1 Å². The van der Waals surface area contributed by atoms with Crippen LogP contribution in [0.3, 0.4) is 0 Å². The Labute approximate surface area is 238 Å². The van der Waals surface area contributed by atoms with Gasteiger partial charge in [0.2, 0.25) is 11.8 Å². The minimum absolute atomic E-state index is 0.0183. The van der Waals surface area contributed by atoms with E-state index in [1.54, 1.807) is 40.0 Å². The number of rotatable bonds is 7. The zero-order chi connectivity index (χ0) is 28.2. The first-order chi connectivity index (χ1) is 19.4. The second kappa shape index (κ2) is 12.0. The van der Waals surface area contributed by atoms with E-state index < -0.39 is 12.2 Å². The number of carbonyl (C=O) groups is 3. The molecule has 2 saturated heterocycles. The first-order valence-corrected chi connectivity index (χ1v) is 13.5. The number of methoxy groups -OCH3 is 1. The van der Waals surface area contributed by atoms with Crippen molar-refractivity contribution in [3.8, 4) is 5.75 Å². The zero-order valence-corrected chi connectivity index (χ0v) is 23.3. The lowest BCUT2D eigenvalue weighted by Crippen LogP contribution is -2.76. The molecule has 2 aliphatic rings. The molecule has 5 rings (SSSR count). The Bertz CT molecular complexity index is 1370. The van der Waals surface area contributed by atoms with Gasteiger partial charge < -0.3 is 19.9 Å².